The summed E-state index contributed by atoms with van der Waals surface area (Å²) in [4.78, 5) is 15.2. The fourth-order valence-corrected chi connectivity index (χ4v) is 0.908. The average Bonchev–Trinajstić information content (AvgIpc) is 2.30. The van der Waals surface area contributed by atoms with Crippen molar-refractivity contribution in [3.05, 3.63) is 12.7 Å². The molecule has 0 aromatic rings. The van der Waals surface area contributed by atoms with Gasteiger partial charge in [-0.25, -0.2) is 0 Å². The Morgan fingerprint density at radius 1 is 1.41 bits per heavy atom. The molecule has 0 aliphatic carbocycles. The molecule has 6 nitrogen and oxygen atoms in total. The maximum absolute atomic E-state index is 11.3. The number of methoxy groups -OCH3 is 1. The van der Waals surface area contributed by atoms with Crippen LogP contribution in [0.25, 0.3) is 0 Å². The number of rotatable bonds is 7. The van der Waals surface area contributed by atoms with E-state index in [0.29, 0.717) is 25.7 Å². The van der Waals surface area contributed by atoms with E-state index in [2.05, 4.69) is 27.5 Å². The molecule has 17 heavy (non-hydrogen) atoms. The number of aliphatic imine (C=N–C) groups is 1. The summed E-state index contributed by atoms with van der Waals surface area (Å²) >= 11 is 0. The number of halogens is 1. The first-order valence-corrected chi connectivity index (χ1v) is 5.05. The van der Waals surface area contributed by atoms with Gasteiger partial charge in [-0.05, 0) is 0 Å². The molecule has 1 amide bonds. The summed E-state index contributed by atoms with van der Waals surface area (Å²) in [6.45, 7) is 5.38. The zero-order valence-corrected chi connectivity index (χ0v) is 12.6. The van der Waals surface area contributed by atoms with Crippen LogP contribution in [0.3, 0.4) is 0 Å². The van der Waals surface area contributed by atoms with Crippen LogP contribution in [0.15, 0.2) is 17.6 Å². The van der Waals surface area contributed by atoms with Crippen molar-refractivity contribution in [2.24, 2.45) is 4.99 Å². The Hall–Kier alpha value is -0.830. The number of hydrogen-bond acceptors (Lipinski definition) is 3. The van der Waals surface area contributed by atoms with E-state index in [1.165, 1.54) is 0 Å². The highest BCUT2D eigenvalue weighted by Crippen LogP contribution is 1.71. The molecule has 0 aromatic carbocycles. The summed E-state index contributed by atoms with van der Waals surface area (Å²) in [6.07, 6.45) is 1.71. The standard InChI is InChI=1S/C10H20N4O2.HI/c1-4-5-13-10(11-2)14-8-9(15)12-6-7-16-3;/h4H,1,5-8H2,2-3H3,(H,12,15)(H2,11,13,14);1H. The van der Waals surface area contributed by atoms with Gasteiger partial charge in [0, 0.05) is 27.2 Å². The number of nitrogens with one attached hydrogen (secondary N) is 3. The smallest absolute Gasteiger partial charge is 0.239 e. The Labute approximate surface area is 119 Å². The lowest BCUT2D eigenvalue weighted by molar-refractivity contribution is -0.120. The van der Waals surface area contributed by atoms with Crippen molar-refractivity contribution < 1.29 is 9.53 Å². The normalized spacial score (nSPS) is 10.1. The highest BCUT2D eigenvalue weighted by Gasteiger charge is 2.01. The van der Waals surface area contributed by atoms with E-state index in [-0.39, 0.29) is 36.4 Å². The van der Waals surface area contributed by atoms with Crippen LogP contribution in [0, 0.1) is 0 Å². The predicted molar refractivity (Wildman–Crippen MR) is 79.9 cm³/mol. The minimum absolute atomic E-state index is 0. The van der Waals surface area contributed by atoms with Gasteiger partial charge in [-0.2, -0.15) is 0 Å². The molecule has 0 aliphatic rings. The Bertz CT molecular complexity index is 246. The third-order valence-electron chi connectivity index (χ3n) is 1.68. The highest BCUT2D eigenvalue weighted by atomic mass is 127. The van der Waals surface area contributed by atoms with Gasteiger partial charge in [0.1, 0.15) is 0 Å². The van der Waals surface area contributed by atoms with Crippen molar-refractivity contribution in [2.45, 2.75) is 0 Å². The van der Waals surface area contributed by atoms with Crippen molar-refractivity contribution in [1.29, 1.82) is 0 Å². The lowest BCUT2D eigenvalue weighted by Crippen LogP contribution is -2.43. The minimum Gasteiger partial charge on any atom is -0.383 e. The number of hydrogen-bond donors (Lipinski definition) is 3. The second-order valence-corrected chi connectivity index (χ2v) is 2.94. The molecule has 0 aromatic heterocycles. The van der Waals surface area contributed by atoms with Crippen LogP contribution in [0.5, 0.6) is 0 Å². The van der Waals surface area contributed by atoms with Gasteiger partial charge in [0.05, 0.1) is 13.2 Å². The van der Waals surface area contributed by atoms with Gasteiger partial charge in [0.25, 0.3) is 0 Å². The number of carbonyl (C=O) groups excluding carboxylic acids is 1. The van der Waals surface area contributed by atoms with Crippen molar-refractivity contribution in [2.75, 3.05) is 40.4 Å². The Balaban J connectivity index is 0. The number of ether oxygens (including phenoxy) is 1. The first-order valence-electron chi connectivity index (χ1n) is 5.05. The Kier molecular flexibility index (Phi) is 14.4. The van der Waals surface area contributed by atoms with E-state index in [1.807, 2.05) is 0 Å². The predicted octanol–water partition coefficient (Wildman–Crippen LogP) is -0.282. The quantitative estimate of drug-likeness (QED) is 0.193. The molecule has 0 unspecified atom stereocenters. The number of amides is 1. The lowest BCUT2D eigenvalue weighted by Gasteiger charge is -2.10. The van der Waals surface area contributed by atoms with Crippen molar-refractivity contribution >= 4 is 35.8 Å². The van der Waals surface area contributed by atoms with Gasteiger partial charge < -0.3 is 20.7 Å². The first kappa shape index (κ1) is 18.5. The molecular formula is C10H21IN4O2. The lowest BCUT2D eigenvalue weighted by atomic mass is 10.5. The number of guanidine groups is 1. The van der Waals surface area contributed by atoms with Crippen LogP contribution in [-0.4, -0.2) is 52.3 Å². The zero-order chi connectivity index (χ0) is 12.2. The van der Waals surface area contributed by atoms with Gasteiger partial charge in [0.2, 0.25) is 5.91 Å². The molecule has 0 rings (SSSR count). The fourth-order valence-electron chi connectivity index (χ4n) is 0.908. The molecule has 0 heterocycles. The maximum atomic E-state index is 11.3. The average molecular weight is 356 g/mol. The van der Waals surface area contributed by atoms with Crippen molar-refractivity contribution in [3.63, 3.8) is 0 Å². The zero-order valence-electron chi connectivity index (χ0n) is 10.3. The third-order valence-corrected chi connectivity index (χ3v) is 1.68. The molecule has 3 N–H and O–H groups in total. The molecular weight excluding hydrogens is 335 g/mol. The van der Waals surface area contributed by atoms with Crippen LogP contribution >= 0.6 is 24.0 Å². The van der Waals surface area contributed by atoms with E-state index in [4.69, 9.17) is 4.74 Å². The number of nitrogens with zero attached hydrogens (tertiary/aromatic N) is 1. The molecule has 0 radical (unpaired) electrons. The third kappa shape index (κ3) is 11.4. The van der Waals surface area contributed by atoms with Crippen molar-refractivity contribution in [1.82, 2.24) is 16.0 Å². The van der Waals surface area contributed by atoms with E-state index < -0.39 is 0 Å². The van der Waals surface area contributed by atoms with Gasteiger partial charge >= 0.3 is 0 Å². The number of carbonyl (C=O) groups is 1. The SMILES string of the molecule is C=CCNC(=NC)NCC(=O)NCCOC.I. The largest absolute Gasteiger partial charge is 0.383 e. The van der Waals surface area contributed by atoms with Gasteiger partial charge in [-0.1, -0.05) is 6.08 Å². The topological polar surface area (TPSA) is 74.8 Å². The fraction of sp³-hybridized carbons (Fsp3) is 0.600. The summed E-state index contributed by atoms with van der Waals surface area (Å²) in [5.41, 5.74) is 0. The summed E-state index contributed by atoms with van der Waals surface area (Å²) < 4.78 is 4.81. The van der Waals surface area contributed by atoms with Crippen LogP contribution in [0.4, 0.5) is 0 Å². The van der Waals surface area contributed by atoms with Crippen LogP contribution < -0.4 is 16.0 Å². The van der Waals surface area contributed by atoms with E-state index in [9.17, 15) is 4.79 Å². The molecule has 0 saturated carbocycles. The highest BCUT2D eigenvalue weighted by molar-refractivity contribution is 14.0. The Morgan fingerprint density at radius 3 is 2.65 bits per heavy atom. The summed E-state index contributed by atoms with van der Waals surface area (Å²) in [7, 11) is 3.23. The van der Waals surface area contributed by atoms with Crippen LogP contribution in [0.2, 0.25) is 0 Å². The molecule has 100 valence electrons. The minimum atomic E-state index is -0.0985. The summed E-state index contributed by atoms with van der Waals surface area (Å²) in [5.74, 6) is 0.473. The van der Waals surface area contributed by atoms with E-state index in [1.54, 1.807) is 20.2 Å². The Morgan fingerprint density at radius 2 is 2.12 bits per heavy atom. The first-order chi connectivity index (χ1) is 7.74. The van der Waals surface area contributed by atoms with Crippen LogP contribution in [-0.2, 0) is 9.53 Å². The van der Waals surface area contributed by atoms with Crippen LogP contribution in [0.1, 0.15) is 0 Å². The molecule has 0 saturated heterocycles. The van der Waals surface area contributed by atoms with E-state index >= 15 is 0 Å². The maximum Gasteiger partial charge on any atom is 0.239 e. The molecule has 0 bridgehead atoms. The van der Waals surface area contributed by atoms with Gasteiger partial charge in [-0.3, -0.25) is 9.79 Å². The second kappa shape index (κ2) is 13.2. The summed E-state index contributed by atoms with van der Waals surface area (Å²) in [6, 6.07) is 0. The molecule has 0 aliphatic heterocycles. The summed E-state index contributed by atoms with van der Waals surface area (Å²) in [5, 5.41) is 8.52. The van der Waals surface area contributed by atoms with E-state index in [0.717, 1.165) is 0 Å². The molecule has 0 spiro atoms. The second-order valence-electron chi connectivity index (χ2n) is 2.94. The van der Waals surface area contributed by atoms with Gasteiger partial charge in [0.15, 0.2) is 5.96 Å². The molecule has 0 atom stereocenters. The molecule has 7 heteroatoms. The monoisotopic (exact) mass is 356 g/mol. The van der Waals surface area contributed by atoms with Gasteiger partial charge in [-0.15, -0.1) is 30.6 Å². The van der Waals surface area contributed by atoms with Crippen molar-refractivity contribution in [3.8, 4) is 0 Å². The molecule has 0 fully saturated rings.